The Kier molecular flexibility index (Phi) is 5.79. The summed E-state index contributed by atoms with van der Waals surface area (Å²) in [5, 5.41) is 11.8. The van der Waals surface area contributed by atoms with E-state index >= 15 is 0 Å². The number of urea groups is 1. The molecule has 0 aromatic carbocycles. The summed E-state index contributed by atoms with van der Waals surface area (Å²) in [5.41, 5.74) is 0. The highest BCUT2D eigenvalue weighted by atomic mass is 16.5. The number of ether oxygens (including phenoxy) is 1. The number of carbonyl (C=O) groups is 3. The summed E-state index contributed by atoms with van der Waals surface area (Å²) in [6.07, 6.45) is 2.05. The van der Waals surface area contributed by atoms with E-state index in [2.05, 4.69) is 10.1 Å². The fourth-order valence-electron chi connectivity index (χ4n) is 2.47. The molecule has 1 fully saturated rings. The maximum absolute atomic E-state index is 12.0. The molecule has 0 heterocycles. The van der Waals surface area contributed by atoms with Crippen LogP contribution >= 0.6 is 0 Å². The lowest BCUT2D eigenvalue weighted by Crippen LogP contribution is -2.47. The maximum atomic E-state index is 12.0. The molecule has 3 unspecified atom stereocenters. The first-order chi connectivity index (χ1) is 9.36. The van der Waals surface area contributed by atoms with Crippen molar-refractivity contribution in [3.8, 4) is 0 Å². The fourth-order valence-corrected chi connectivity index (χ4v) is 2.47. The molecule has 0 aliphatic heterocycles. The first-order valence-electron chi connectivity index (χ1n) is 6.69. The van der Waals surface area contributed by atoms with Gasteiger partial charge >= 0.3 is 18.0 Å². The van der Waals surface area contributed by atoms with Gasteiger partial charge in [-0.3, -0.25) is 9.59 Å². The molecule has 114 valence electrons. The summed E-state index contributed by atoms with van der Waals surface area (Å²) >= 11 is 0. The summed E-state index contributed by atoms with van der Waals surface area (Å²) in [7, 11) is 2.87. The Balaban J connectivity index is 2.49. The summed E-state index contributed by atoms with van der Waals surface area (Å²) in [6.45, 7) is 1.90. The molecule has 2 N–H and O–H groups in total. The van der Waals surface area contributed by atoms with Gasteiger partial charge in [0, 0.05) is 19.6 Å². The second-order valence-electron chi connectivity index (χ2n) is 5.24. The monoisotopic (exact) mass is 286 g/mol. The molecule has 2 amide bonds. The molecule has 0 aromatic rings. The van der Waals surface area contributed by atoms with Crippen molar-refractivity contribution in [2.75, 3.05) is 20.7 Å². The number of carbonyl (C=O) groups excluding carboxylic acids is 2. The number of amides is 2. The Bertz CT molecular complexity index is 385. The molecule has 0 radical (unpaired) electrons. The third kappa shape index (κ3) is 4.11. The summed E-state index contributed by atoms with van der Waals surface area (Å²) in [5.74, 6) is -2.20. The topological polar surface area (TPSA) is 95.9 Å². The molecule has 7 heteroatoms. The van der Waals surface area contributed by atoms with Crippen molar-refractivity contribution in [1.29, 1.82) is 0 Å². The molecule has 7 nitrogen and oxygen atoms in total. The van der Waals surface area contributed by atoms with Gasteiger partial charge < -0.3 is 20.1 Å². The van der Waals surface area contributed by atoms with Crippen molar-refractivity contribution in [3.05, 3.63) is 0 Å². The number of methoxy groups -OCH3 is 1. The second-order valence-corrected chi connectivity index (χ2v) is 5.24. The van der Waals surface area contributed by atoms with Crippen molar-refractivity contribution >= 4 is 18.0 Å². The minimum absolute atomic E-state index is 0.225. The van der Waals surface area contributed by atoms with E-state index in [0.717, 1.165) is 6.42 Å². The van der Waals surface area contributed by atoms with Gasteiger partial charge in [0.25, 0.3) is 0 Å². The van der Waals surface area contributed by atoms with E-state index in [9.17, 15) is 14.4 Å². The summed E-state index contributed by atoms with van der Waals surface area (Å²) in [6, 6.07) is -0.699. The highest BCUT2D eigenvalue weighted by Crippen LogP contribution is 2.25. The van der Waals surface area contributed by atoms with Crippen LogP contribution in [-0.4, -0.2) is 54.7 Å². The van der Waals surface area contributed by atoms with Gasteiger partial charge in [0.15, 0.2) is 0 Å². The largest absolute Gasteiger partial charge is 0.481 e. The van der Waals surface area contributed by atoms with Crippen LogP contribution in [0.15, 0.2) is 0 Å². The molecule has 0 saturated heterocycles. The van der Waals surface area contributed by atoms with E-state index in [1.165, 1.54) is 12.0 Å². The number of nitrogens with one attached hydrogen (secondary N) is 1. The van der Waals surface area contributed by atoms with Crippen molar-refractivity contribution in [3.63, 3.8) is 0 Å². The van der Waals surface area contributed by atoms with Crippen molar-refractivity contribution < 1.29 is 24.2 Å². The van der Waals surface area contributed by atoms with Gasteiger partial charge in [-0.1, -0.05) is 13.3 Å². The molecule has 1 aliphatic carbocycles. The molecule has 1 aliphatic rings. The normalized spacial score (nSPS) is 22.9. The zero-order valence-corrected chi connectivity index (χ0v) is 12.1. The van der Waals surface area contributed by atoms with Crippen LogP contribution in [0, 0.1) is 11.8 Å². The van der Waals surface area contributed by atoms with E-state index < -0.39 is 17.8 Å². The molecule has 1 rings (SSSR count). The molecule has 1 saturated carbocycles. The van der Waals surface area contributed by atoms with Crippen LogP contribution in [0.1, 0.15) is 26.2 Å². The third-order valence-corrected chi connectivity index (χ3v) is 3.64. The van der Waals surface area contributed by atoms with E-state index in [4.69, 9.17) is 5.11 Å². The van der Waals surface area contributed by atoms with Gasteiger partial charge in [-0.15, -0.1) is 0 Å². The lowest BCUT2D eigenvalue weighted by molar-refractivity contribution is -0.145. The molecule has 0 spiro atoms. The van der Waals surface area contributed by atoms with Crippen molar-refractivity contribution in [2.24, 2.45) is 11.8 Å². The van der Waals surface area contributed by atoms with Gasteiger partial charge in [0.1, 0.15) is 0 Å². The van der Waals surface area contributed by atoms with Crippen LogP contribution in [0.2, 0.25) is 0 Å². The minimum atomic E-state index is -0.876. The Hall–Kier alpha value is -1.79. The number of hydrogen-bond donors (Lipinski definition) is 2. The van der Waals surface area contributed by atoms with Crippen LogP contribution < -0.4 is 5.32 Å². The second kappa shape index (κ2) is 7.12. The molecule has 0 aromatic heterocycles. The Morgan fingerprint density at radius 1 is 1.40 bits per heavy atom. The van der Waals surface area contributed by atoms with Crippen LogP contribution in [0.5, 0.6) is 0 Å². The predicted octanol–water partition coefficient (Wildman–Crippen LogP) is 0.690. The standard InChI is InChI=1S/C13H22N2O5/c1-8(12(18)20-3)7-15(2)13(19)14-10-6-4-5-9(10)11(16)17/h8-10H,4-7H2,1-3H3,(H,14,19)(H,16,17). The highest BCUT2D eigenvalue weighted by molar-refractivity contribution is 5.78. The van der Waals surface area contributed by atoms with Gasteiger partial charge in [-0.2, -0.15) is 0 Å². The number of aliphatic carboxylic acids is 1. The number of carboxylic acid groups (broad SMARTS) is 1. The smallest absolute Gasteiger partial charge is 0.317 e. The molecule has 3 atom stereocenters. The molecular formula is C13H22N2O5. The van der Waals surface area contributed by atoms with Crippen LogP contribution in [0.3, 0.4) is 0 Å². The van der Waals surface area contributed by atoms with E-state index in [-0.39, 0.29) is 24.6 Å². The first-order valence-corrected chi connectivity index (χ1v) is 6.69. The Morgan fingerprint density at radius 2 is 2.05 bits per heavy atom. The number of esters is 1. The highest BCUT2D eigenvalue weighted by Gasteiger charge is 2.34. The van der Waals surface area contributed by atoms with Gasteiger partial charge in [0.2, 0.25) is 0 Å². The predicted molar refractivity (Wildman–Crippen MR) is 71.1 cm³/mol. The van der Waals surface area contributed by atoms with E-state index in [1.807, 2.05) is 0 Å². The number of hydrogen-bond acceptors (Lipinski definition) is 4. The quantitative estimate of drug-likeness (QED) is 0.725. The maximum Gasteiger partial charge on any atom is 0.317 e. The number of rotatable bonds is 5. The minimum Gasteiger partial charge on any atom is -0.481 e. The average Bonchev–Trinajstić information content (AvgIpc) is 2.85. The zero-order valence-electron chi connectivity index (χ0n) is 12.1. The van der Waals surface area contributed by atoms with Gasteiger partial charge in [0.05, 0.1) is 18.9 Å². The summed E-state index contributed by atoms with van der Waals surface area (Å²) < 4.78 is 4.60. The molecular weight excluding hydrogens is 264 g/mol. The third-order valence-electron chi connectivity index (χ3n) is 3.64. The average molecular weight is 286 g/mol. The zero-order chi connectivity index (χ0) is 15.3. The van der Waals surface area contributed by atoms with Crippen molar-refractivity contribution in [2.45, 2.75) is 32.2 Å². The van der Waals surface area contributed by atoms with Crippen LogP contribution in [0.25, 0.3) is 0 Å². The van der Waals surface area contributed by atoms with E-state index in [0.29, 0.717) is 12.8 Å². The SMILES string of the molecule is COC(=O)C(C)CN(C)C(=O)NC1CCCC1C(=O)O. The van der Waals surface area contributed by atoms with Crippen molar-refractivity contribution in [1.82, 2.24) is 10.2 Å². The van der Waals surface area contributed by atoms with Gasteiger partial charge in [-0.05, 0) is 12.8 Å². The summed E-state index contributed by atoms with van der Waals surface area (Å²) in [4.78, 5) is 35.7. The molecule has 20 heavy (non-hydrogen) atoms. The van der Waals surface area contributed by atoms with Crippen LogP contribution in [0.4, 0.5) is 4.79 Å². The fraction of sp³-hybridized carbons (Fsp3) is 0.769. The number of carboxylic acids is 1. The van der Waals surface area contributed by atoms with Crippen LogP contribution in [-0.2, 0) is 14.3 Å². The Morgan fingerprint density at radius 3 is 2.60 bits per heavy atom. The van der Waals surface area contributed by atoms with Gasteiger partial charge in [-0.25, -0.2) is 4.79 Å². The first kappa shape index (κ1) is 16.3. The Labute approximate surface area is 118 Å². The van der Waals surface area contributed by atoms with E-state index in [1.54, 1.807) is 14.0 Å². The molecule has 0 bridgehead atoms. The number of nitrogens with zero attached hydrogens (tertiary/aromatic N) is 1. The lowest BCUT2D eigenvalue weighted by atomic mass is 10.0. The lowest BCUT2D eigenvalue weighted by Gasteiger charge is -2.24.